The molecule has 3 amide bonds. The van der Waals surface area contributed by atoms with Crippen LogP contribution in [-0.4, -0.2) is 41.7 Å². The Hall–Kier alpha value is -4.56. The van der Waals surface area contributed by atoms with Gasteiger partial charge in [0.05, 0.1) is 11.4 Å². The van der Waals surface area contributed by atoms with Crippen LogP contribution < -0.4 is 14.8 Å². The van der Waals surface area contributed by atoms with E-state index in [0.717, 1.165) is 39.3 Å². The van der Waals surface area contributed by atoms with Crippen LogP contribution in [0.15, 0.2) is 89.8 Å². The average molecular weight is 553 g/mol. The van der Waals surface area contributed by atoms with E-state index in [1.165, 1.54) is 4.90 Å². The van der Waals surface area contributed by atoms with E-state index < -0.39 is 0 Å². The molecular weight excluding hydrogens is 524 g/mol. The number of rotatable bonds is 9. The summed E-state index contributed by atoms with van der Waals surface area (Å²) in [6, 6.07) is 26.5. The third kappa shape index (κ3) is 6.35. The topological polar surface area (TPSA) is 84.9 Å². The fourth-order valence-corrected chi connectivity index (χ4v) is 5.26. The number of anilines is 1. The number of thioether (sulfide) groups is 1. The maximum absolute atomic E-state index is 13.0. The van der Waals surface area contributed by atoms with Crippen molar-refractivity contribution < 1.29 is 23.9 Å². The minimum Gasteiger partial charge on any atom is -0.491 e. The maximum Gasteiger partial charge on any atom is 0.293 e. The Morgan fingerprint density at radius 1 is 0.925 bits per heavy atom. The third-order valence-electron chi connectivity index (χ3n) is 6.38. The molecule has 0 aromatic heterocycles. The monoisotopic (exact) mass is 552 g/mol. The van der Waals surface area contributed by atoms with E-state index in [1.807, 2.05) is 74.5 Å². The summed E-state index contributed by atoms with van der Waals surface area (Å²) < 4.78 is 11.6. The van der Waals surface area contributed by atoms with Crippen LogP contribution in [-0.2, 0) is 9.59 Å². The molecule has 1 heterocycles. The van der Waals surface area contributed by atoms with Crippen LogP contribution in [0.1, 0.15) is 16.7 Å². The van der Waals surface area contributed by atoms with Gasteiger partial charge in [-0.25, -0.2) is 0 Å². The number of carbonyl (C=O) groups is 3. The van der Waals surface area contributed by atoms with Crippen molar-refractivity contribution >= 4 is 51.4 Å². The first-order valence-electron chi connectivity index (χ1n) is 12.8. The lowest BCUT2D eigenvalue weighted by molar-refractivity contribution is -0.123. The molecular formula is C32H28N2O5S. The van der Waals surface area contributed by atoms with Crippen LogP contribution in [0.5, 0.6) is 11.5 Å². The van der Waals surface area contributed by atoms with Gasteiger partial charge in [0.1, 0.15) is 18.1 Å². The second-order valence-corrected chi connectivity index (χ2v) is 10.4. The number of nitrogens with zero attached hydrogens (tertiary/aromatic N) is 1. The zero-order valence-electron chi connectivity index (χ0n) is 22.2. The van der Waals surface area contributed by atoms with Crippen molar-refractivity contribution in [1.82, 2.24) is 4.90 Å². The first-order valence-corrected chi connectivity index (χ1v) is 13.6. The lowest BCUT2D eigenvalue weighted by Crippen LogP contribution is -2.32. The highest BCUT2D eigenvalue weighted by atomic mass is 32.2. The summed E-state index contributed by atoms with van der Waals surface area (Å²) in [4.78, 5) is 39.5. The molecule has 0 unspecified atom stereocenters. The molecule has 0 aliphatic carbocycles. The smallest absolute Gasteiger partial charge is 0.293 e. The van der Waals surface area contributed by atoms with Crippen molar-refractivity contribution in [1.29, 1.82) is 0 Å². The second kappa shape index (κ2) is 12.1. The van der Waals surface area contributed by atoms with Gasteiger partial charge in [-0.3, -0.25) is 19.3 Å². The van der Waals surface area contributed by atoms with Crippen molar-refractivity contribution in [3.8, 4) is 11.5 Å². The molecule has 202 valence electrons. The molecule has 1 aliphatic rings. The second-order valence-electron chi connectivity index (χ2n) is 9.39. The fraction of sp³-hybridized carbons (Fsp3) is 0.156. The van der Waals surface area contributed by atoms with Crippen LogP contribution >= 0.6 is 11.8 Å². The highest BCUT2D eigenvalue weighted by Gasteiger charge is 2.34. The predicted octanol–water partition coefficient (Wildman–Crippen LogP) is 6.59. The van der Waals surface area contributed by atoms with E-state index in [0.29, 0.717) is 22.0 Å². The summed E-state index contributed by atoms with van der Waals surface area (Å²) in [6.45, 7) is 4.10. The number of nitrogens with one attached hydrogen (secondary N) is 1. The molecule has 1 aliphatic heterocycles. The standard InChI is InChI=1S/C32H28N2O5S/c1-21-13-14-27(22(2)17-21)33-30(35)20-39-25-10-5-7-23(18-25)19-29-31(36)34(32(37)40-29)15-16-38-28-12-6-9-24-8-3-4-11-26(24)28/h3-14,17-19H,15-16,20H2,1-2H3,(H,33,35)/b29-19-. The van der Waals surface area contributed by atoms with Gasteiger partial charge in [0, 0.05) is 11.1 Å². The van der Waals surface area contributed by atoms with E-state index in [2.05, 4.69) is 5.32 Å². The molecule has 0 atom stereocenters. The lowest BCUT2D eigenvalue weighted by Gasteiger charge is -2.14. The summed E-state index contributed by atoms with van der Waals surface area (Å²) in [6.07, 6.45) is 1.65. The zero-order chi connectivity index (χ0) is 28.1. The molecule has 7 nitrogen and oxygen atoms in total. The van der Waals surface area contributed by atoms with Crippen molar-refractivity contribution in [2.24, 2.45) is 0 Å². The van der Waals surface area contributed by atoms with Crippen LogP contribution in [0, 0.1) is 13.8 Å². The predicted molar refractivity (Wildman–Crippen MR) is 159 cm³/mol. The largest absolute Gasteiger partial charge is 0.491 e. The summed E-state index contributed by atoms with van der Waals surface area (Å²) in [5.41, 5.74) is 3.52. The van der Waals surface area contributed by atoms with E-state index in [-0.39, 0.29) is 36.8 Å². The number of carbonyl (C=O) groups excluding carboxylic acids is 3. The number of aryl methyl sites for hydroxylation is 2. The fourth-order valence-electron chi connectivity index (χ4n) is 4.40. The van der Waals surface area contributed by atoms with Gasteiger partial charge in [0.25, 0.3) is 17.1 Å². The minimum atomic E-state index is -0.365. The first kappa shape index (κ1) is 27.0. The number of benzene rings is 4. The van der Waals surface area contributed by atoms with Gasteiger partial charge in [0.2, 0.25) is 0 Å². The zero-order valence-corrected chi connectivity index (χ0v) is 23.0. The number of imide groups is 1. The van der Waals surface area contributed by atoms with Gasteiger partial charge in [-0.2, -0.15) is 0 Å². The van der Waals surface area contributed by atoms with Gasteiger partial charge >= 0.3 is 0 Å². The number of hydrogen-bond donors (Lipinski definition) is 1. The molecule has 8 heteroatoms. The van der Waals surface area contributed by atoms with E-state index in [1.54, 1.807) is 30.3 Å². The maximum atomic E-state index is 13.0. The molecule has 5 rings (SSSR count). The molecule has 1 N–H and O–H groups in total. The summed E-state index contributed by atoms with van der Waals surface area (Å²) >= 11 is 0.891. The van der Waals surface area contributed by atoms with Gasteiger partial charge < -0.3 is 14.8 Å². The van der Waals surface area contributed by atoms with Crippen molar-refractivity contribution in [2.75, 3.05) is 25.1 Å². The highest BCUT2D eigenvalue weighted by molar-refractivity contribution is 8.18. The Morgan fingerprint density at radius 2 is 1.73 bits per heavy atom. The molecule has 4 aromatic rings. The van der Waals surface area contributed by atoms with Crippen LogP contribution in [0.25, 0.3) is 16.8 Å². The van der Waals surface area contributed by atoms with E-state index in [4.69, 9.17) is 9.47 Å². The van der Waals surface area contributed by atoms with Gasteiger partial charge in [0.15, 0.2) is 6.61 Å². The van der Waals surface area contributed by atoms with Crippen LogP contribution in [0.2, 0.25) is 0 Å². The van der Waals surface area contributed by atoms with Crippen molar-refractivity contribution in [3.63, 3.8) is 0 Å². The number of fused-ring (bicyclic) bond motifs is 1. The first-order chi connectivity index (χ1) is 19.4. The van der Waals surface area contributed by atoms with E-state index >= 15 is 0 Å². The Balaban J connectivity index is 1.17. The lowest BCUT2D eigenvalue weighted by atomic mass is 10.1. The molecule has 40 heavy (non-hydrogen) atoms. The van der Waals surface area contributed by atoms with Gasteiger partial charge in [-0.15, -0.1) is 0 Å². The molecule has 0 bridgehead atoms. The molecule has 1 fully saturated rings. The van der Waals surface area contributed by atoms with Gasteiger partial charge in [-0.1, -0.05) is 66.2 Å². The van der Waals surface area contributed by atoms with Crippen molar-refractivity contribution in [2.45, 2.75) is 13.8 Å². The molecule has 1 saturated heterocycles. The normalized spacial score (nSPS) is 14.2. The summed E-state index contributed by atoms with van der Waals surface area (Å²) in [5, 5.41) is 4.55. The van der Waals surface area contributed by atoms with E-state index in [9.17, 15) is 14.4 Å². The minimum absolute atomic E-state index is 0.143. The highest BCUT2D eigenvalue weighted by Crippen LogP contribution is 2.33. The van der Waals surface area contributed by atoms with Gasteiger partial charge in [-0.05, 0) is 72.5 Å². The SMILES string of the molecule is Cc1ccc(NC(=O)COc2cccc(/C=C3\SC(=O)N(CCOc4cccc5ccccc45)C3=O)c2)c(C)c1. The number of ether oxygens (including phenoxy) is 2. The van der Waals surface area contributed by atoms with Crippen LogP contribution in [0.3, 0.4) is 0 Å². The Labute approximate surface area is 236 Å². The Morgan fingerprint density at radius 3 is 2.58 bits per heavy atom. The number of hydrogen-bond acceptors (Lipinski definition) is 6. The van der Waals surface area contributed by atoms with Crippen LogP contribution in [0.4, 0.5) is 10.5 Å². The Kier molecular flexibility index (Phi) is 8.17. The Bertz CT molecular complexity index is 1630. The molecule has 0 spiro atoms. The van der Waals surface area contributed by atoms with Crippen molar-refractivity contribution in [3.05, 3.63) is 107 Å². The molecule has 0 saturated carbocycles. The summed E-state index contributed by atoms with van der Waals surface area (Å²) in [7, 11) is 0. The molecule has 4 aromatic carbocycles. The summed E-state index contributed by atoms with van der Waals surface area (Å²) in [5.74, 6) is 0.548. The third-order valence-corrected chi connectivity index (χ3v) is 7.28. The average Bonchev–Trinajstić information content (AvgIpc) is 3.21. The molecule has 0 radical (unpaired) electrons. The quantitative estimate of drug-likeness (QED) is 0.236. The number of amides is 3.